The van der Waals surface area contributed by atoms with Gasteiger partial charge in [0, 0.05) is 29.3 Å². The molecular formula is C20H19N3O4. The van der Waals surface area contributed by atoms with Gasteiger partial charge < -0.3 is 4.74 Å². The maximum Gasteiger partial charge on any atom is 0.306 e. The third-order valence-electron chi connectivity index (χ3n) is 4.15. The van der Waals surface area contributed by atoms with E-state index >= 15 is 0 Å². The molecule has 138 valence electrons. The Labute approximate surface area is 156 Å². The van der Waals surface area contributed by atoms with Crippen molar-refractivity contribution in [3.05, 3.63) is 76.7 Å². The first-order chi connectivity index (χ1) is 13.1. The van der Waals surface area contributed by atoms with Crippen LogP contribution in [0.5, 0.6) is 0 Å². The standard InChI is InChI=1S/C20H19N3O4/c1-2-27-20(24)11-8-16-12-17(9-10-18(16)23(25)26)22-14-21-13-19(22)15-6-4-3-5-7-15/h3-7,9-10,12-14H,2,8,11H2,1H3. The van der Waals surface area contributed by atoms with E-state index in [-0.39, 0.29) is 31.1 Å². The SMILES string of the molecule is CCOC(=O)CCc1cc(-n2cncc2-c2ccccc2)ccc1[N+](=O)[O-]. The predicted molar refractivity (Wildman–Crippen MR) is 101 cm³/mol. The molecule has 0 radical (unpaired) electrons. The van der Waals surface area contributed by atoms with Crippen molar-refractivity contribution in [2.75, 3.05) is 6.61 Å². The molecule has 0 spiro atoms. The molecule has 0 aliphatic heterocycles. The van der Waals surface area contributed by atoms with E-state index in [1.807, 2.05) is 34.9 Å². The molecule has 3 aromatic rings. The van der Waals surface area contributed by atoms with Gasteiger partial charge in [0.25, 0.3) is 5.69 Å². The van der Waals surface area contributed by atoms with Gasteiger partial charge in [0.1, 0.15) is 0 Å². The van der Waals surface area contributed by atoms with E-state index in [1.54, 1.807) is 31.6 Å². The van der Waals surface area contributed by atoms with Gasteiger partial charge in [0.05, 0.1) is 29.7 Å². The average Bonchev–Trinajstić information content (AvgIpc) is 3.17. The minimum atomic E-state index is -0.434. The molecule has 0 aliphatic rings. The normalized spacial score (nSPS) is 10.6. The number of rotatable bonds is 7. The number of nitro groups is 1. The number of hydrogen-bond acceptors (Lipinski definition) is 5. The van der Waals surface area contributed by atoms with Gasteiger partial charge in [-0.15, -0.1) is 0 Å². The first-order valence-corrected chi connectivity index (χ1v) is 8.61. The number of esters is 1. The maximum absolute atomic E-state index is 11.6. The van der Waals surface area contributed by atoms with Crippen LogP contribution in [0.3, 0.4) is 0 Å². The lowest BCUT2D eigenvalue weighted by Gasteiger charge is -2.11. The molecule has 2 aromatic carbocycles. The highest BCUT2D eigenvalue weighted by molar-refractivity contribution is 5.70. The molecule has 1 heterocycles. The fourth-order valence-corrected chi connectivity index (χ4v) is 2.89. The fraction of sp³-hybridized carbons (Fsp3) is 0.200. The lowest BCUT2D eigenvalue weighted by atomic mass is 10.1. The molecule has 0 N–H and O–H groups in total. The van der Waals surface area contributed by atoms with Crippen molar-refractivity contribution in [1.29, 1.82) is 0 Å². The molecule has 0 saturated heterocycles. The molecule has 0 fully saturated rings. The molecule has 0 atom stereocenters. The quantitative estimate of drug-likeness (QED) is 0.359. The topological polar surface area (TPSA) is 87.3 Å². The summed E-state index contributed by atoms with van der Waals surface area (Å²) in [4.78, 5) is 26.8. The molecule has 0 saturated carbocycles. The molecule has 0 aliphatic carbocycles. The Morgan fingerprint density at radius 3 is 2.70 bits per heavy atom. The van der Waals surface area contributed by atoms with Gasteiger partial charge in [-0.05, 0) is 25.5 Å². The van der Waals surface area contributed by atoms with E-state index in [2.05, 4.69) is 4.98 Å². The van der Waals surface area contributed by atoms with Crippen molar-refractivity contribution in [3.63, 3.8) is 0 Å². The zero-order chi connectivity index (χ0) is 19.2. The van der Waals surface area contributed by atoms with Crippen LogP contribution in [0.25, 0.3) is 16.9 Å². The van der Waals surface area contributed by atoms with E-state index in [9.17, 15) is 14.9 Å². The zero-order valence-electron chi connectivity index (χ0n) is 14.9. The van der Waals surface area contributed by atoms with Crippen LogP contribution in [-0.4, -0.2) is 27.1 Å². The van der Waals surface area contributed by atoms with Crippen molar-refractivity contribution >= 4 is 11.7 Å². The van der Waals surface area contributed by atoms with Gasteiger partial charge in [-0.3, -0.25) is 19.5 Å². The van der Waals surface area contributed by atoms with Crippen LogP contribution in [0.2, 0.25) is 0 Å². The Hall–Kier alpha value is -3.48. The molecule has 0 amide bonds. The van der Waals surface area contributed by atoms with Crippen molar-refractivity contribution in [2.45, 2.75) is 19.8 Å². The smallest absolute Gasteiger partial charge is 0.306 e. The number of benzene rings is 2. The Balaban J connectivity index is 1.96. The third kappa shape index (κ3) is 4.20. The second-order valence-electron chi connectivity index (χ2n) is 5.89. The number of carbonyl (C=O) groups excluding carboxylic acids is 1. The van der Waals surface area contributed by atoms with Gasteiger partial charge in [-0.25, -0.2) is 4.98 Å². The number of carbonyl (C=O) groups is 1. The van der Waals surface area contributed by atoms with Crippen molar-refractivity contribution in [3.8, 4) is 16.9 Å². The van der Waals surface area contributed by atoms with Crippen LogP contribution in [0.15, 0.2) is 61.1 Å². The Kier molecular flexibility index (Phi) is 5.61. The van der Waals surface area contributed by atoms with Crippen molar-refractivity contribution in [1.82, 2.24) is 9.55 Å². The van der Waals surface area contributed by atoms with Crippen LogP contribution in [0.4, 0.5) is 5.69 Å². The highest BCUT2D eigenvalue weighted by Gasteiger charge is 2.17. The second-order valence-corrected chi connectivity index (χ2v) is 5.89. The molecular weight excluding hydrogens is 346 g/mol. The number of imidazole rings is 1. The molecule has 0 unspecified atom stereocenters. The average molecular weight is 365 g/mol. The summed E-state index contributed by atoms with van der Waals surface area (Å²) in [6, 6.07) is 14.6. The summed E-state index contributed by atoms with van der Waals surface area (Å²) in [5.41, 5.74) is 3.08. The summed E-state index contributed by atoms with van der Waals surface area (Å²) in [5, 5.41) is 11.3. The van der Waals surface area contributed by atoms with Crippen molar-refractivity contribution in [2.24, 2.45) is 0 Å². The summed E-state index contributed by atoms with van der Waals surface area (Å²) < 4.78 is 6.79. The van der Waals surface area contributed by atoms with E-state index < -0.39 is 4.92 Å². The predicted octanol–water partition coefficient (Wildman–Crippen LogP) is 3.94. The number of hydrogen-bond donors (Lipinski definition) is 0. The summed E-state index contributed by atoms with van der Waals surface area (Å²) in [6.07, 6.45) is 3.74. The summed E-state index contributed by atoms with van der Waals surface area (Å²) in [5.74, 6) is -0.371. The van der Waals surface area contributed by atoms with Gasteiger partial charge in [0.15, 0.2) is 0 Å². The maximum atomic E-state index is 11.6. The van der Waals surface area contributed by atoms with E-state index in [0.717, 1.165) is 16.9 Å². The van der Waals surface area contributed by atoms with Crippen molar-refractivity contribution < 1.29 is 14.5 Å². The second kappa shape index (κ2) is 8.27. The number of ether oxygens (including phenoxy) is 1. The molecule has 0 bridgehead atoms. The third-order valence-corrected chi connectivity index (χ3v) is 4.15. The van der Waals surface area contributed by atoms with Crippen LogP contribution < -0.4 is 0 Å². The minimum absolute atomic E-state index is 0.00979. The number of aromatic nitrogens is 2. The highest BCUT2D eigenvalue weighted by atomic mass is 16.6. The Morgan fingerprint density at radius 1 is 1.22 bits per heavy atom. The summed E-state index contributed by atoms with van der Waals surface area (Å²) in [7, 11) is 0. The van der Waals surface area contributed by atoms with Gasteiger partial charge in [0.2, 0.25) is 0 Å². The van der Waals surface area contributed by atoms with Gasteiger partial charge in [-0.2, -0.15) is 0 Å². The highest BCUT2D eigenvalue weighted by Crippen LogP contribution is 2.27. The Bertz CT molecular complexity index is 951. The molecule has 1 aromatic heterocycles. The first kappa shape index (κ1) is 18.3. The number of nitrogens with zero attached hydrogens (tertiary/aromatic N) is 3. The Morgan fingerprint density at radius 2 is 2.00 bits per heavy atom. The van der Waals surface area contributed by atoms with E-state index in [0.29, 0.717) is 5.56 Å². The number of nitro benzene ring substituents is 1. The summed E-state index contributed by atoms with van der Waals surface area (Å²) in [6.45, 7) is 2.02. The van der Waals surface area contributed by atoms with E-state index in [4.69, 9.17) is 4.74 Å². The van der Waals surface area contributed by atoms with Gasteiger partial charge >= 0.3 is 5.97 Å². The van der Waals surface area contributed by atoms with E-state index in [1.165, 1.54) is 6.07 Å². The number of aryl methyl sites for hydroxylation is 1. The zero-order valence-corrected chi connectivity index (χ0v) is 14.9. The monoisotopic (exact) mass is 365 g/mol. The summed E-state index contributed by atoms with van der Waals surface area (Å²) >= 11 is 0. The molecule has 27 heavy (non-hydrogen) atoms. The van der Waals surface area contributed by atoms with Crippen LogP contribution >= 0.6 is 0 Å². The van der Waals surface area contributed by atoms with Gasteiger partial charge in [-0.1, -0.05) is 30.3 Å². The molecule has 7 nitrogen and oxygen atoms in total. The largest absolute Gasteiger partial charge is 0.466 e. The lowest BCUT2D eigenvalue weighted by Crippen LogP contribution is -2.07. The molecule has 7 heteroatoms. The fourth-order valence-electron chi connectivity index (χ4n) is 2.89. The first-order valence-electron chi connectivity index (χ1n) is 8.61. The van der Waals surface area contributed by atoms with Crippen LogP contribution in [-0.2, 0) is 16.0 Å². The van der Waals surface area contributed by atoms with Crippen LogP contribution in [0.1, 0.15) is 18.9 Å². The minimum Gasteiger partial charge on any atom is -0.466 e. The molecule has 3 rings (SSSR count). The van der Waals surface area contributed by atoms with Crippen LogP contribution in [0, 0.1) is 10.1 Å². The lowest BCUT2D eigenvalue weighted by molar-refractivity contribution is -0.385.